The van der Waals surface area contributed by atoms with Crippen LogP contribution in [0, 0.1) is 0 Å². The van der Waals surface area contributed by atoms with Gasteiger partial charge in [-0.25, -0.2) is 0 Å². The third-order valence-corrected chi connectivity index (χ3v) is 16.0. The van der Waals surface area contributed by atoms with Gasteiger partial charge in [0.15, 0.2) is 23.0 Å². The van der Waals surface area contributed by atoms with Gasteiger partial charge in [-0.3, -0.25) is 0 Å². The van der Waals surface area contributed by atoms with Gasteiger partial charge >= 0.3 is 0 Å². The molecule has 0 amide bonds. The van der Waals surface area contributed by atoms with Crippen LogP contribution in [0.15, 0.2) is 252 Å². The molecule has 0 saturated heterocycles. The summed E-state index contributed by atoms with van der Waals surface area (Å²) in [5.74, 6) is 6.95. The molecule has 0 unspecified atom stereocenters. The minimum Gasteiger partial charge on any atom is -0.492 e. The molecule has 0 spiro atoms. The van der Waals surface area contributed by atoms with Crippen LogP contribution in [0.4, 0.5) is 34.1 Å². The molecule has 464 valence electrons. The van der Waals surface area contributed by atoms with Gasteiger partial charge in [0, 0.05) is 103 Å². The van der Waals surface area contributed by atoms with Crippen molar-refractivity contribution in [3.63, 3.8) is 0 Å². The molecule has 0 fully saturated rings. The normalized spacial score (nSPS) is 10.9. The van der Waals surface area contributed by atoms with Gasteiger partial charge in [0.25, 0.3) is 0 Å². The smallest absolute Gasteiger partial charge is 0.212 e. The number of anilines is 6. The Morgan fingerprint density at radius 1 is 0.215 bits per heavy atom. The zero-order chi connectivity index (χ0) is 64.5. The van der Waals surface area contributed by atoms with E-state index in [1.807, 2.05) is 170 Å². The van der Waals surface area contributed by atoms with E-state index in [9.17, 15) is 0 Å². The summed E-state index contributed by atoms with van der Waals surface area (Å²) in [4.78, 5) is 1.24. The van der Waals surface area contributed by atoms with E-state index in [0.29, 0.717) is 169 Å². The van der Waals surface area contributed by atoms with Crippen molar-refractivity contribution in [2.45, 2.75) is 9.79 Å². The number of nitrogen functional groups attached to an aromatic ring is 6. The molecule has 12 aromatic rings. The number of ether oxygens (including phenoxy) is 10. The lowest BCUT2D eigenvalue weighted by molar-refractivity contribution is 0.346. The number of nitrogens with two attached hydrogens (primary N) is 6. The van der Waals surface area contributed by atoms with E-state index >= 15 is 0 Å². The van der Waals surface area contributed by atoms with Crippen molar-refractivity contribution in [2.75, 3.05) is 62.8 Å². The Bertz CT molecular complexity index is 4130. The molecule has 0 aromatic heterocycles. The molecule has 0 heterocycles. The summed E-state index contributed by atoms with van der Waals surface area (Å²) in [6, 6.07) is 73.9. The van der Waals surface area contributed by atoms with E-state index < -0.39 is 0 Å². The number of hydrogen-bond acceptors (Lipinski definition) is 17. The van der Waals surface area contributed by atoms with Crippen LogP contribution in [0.1, 0.15) is 0 Å². The van der Waals surface area contributed by atoms with Crippen molar-refractivity contribution in [3.8, 4) is 136 Å². The van der Waals surface area contributed by atoms with Gasteiger partial charge in [-0.2, -0.15) is 0 Å². The van der Waals surface area contributed by atoms with E-state index in [1.54, 1.807) is 101 Å². The monoisotopic (exact) mass is 1250 g/mol. The summed E-state index contributed by atoms with van der Waals surface area (Å²) in [5, 5.41) is 0. The summed E-state index contributed by atoms with van der Waals surface area (Å²) in [6.45, 7) is 0. The zero-order valence-corrected chi connectivity index (χ0v) is 51.9. The molecule has 12 aromatic carbocycles. The fourth-order valence-electron chi connectivity index (χ4n) is 10.6. The molecule has 17 heteroatoms. The van der Waals surface area contributed by atoms with Crippen LogP contribution in [0.5, 0.6) is 92.0 Å². The van der Waals surface area contributed by atoms with Crippen molar-refractivity contribution < 1.29 is 47.4 Å². The Morgan fingerprint density at radius 2 is 0.409 bits per heavy atom. The summed E-state index contributed by atoms with van der Waals surface area (Å²) >= 11 is 1.41. The average molecular weight is 1250 g/mol. The van der Waals surface area contributed by atoms with Crippen LogP contribution < -0.4 is 81.8 Å². The van der Waals surface area contributed by atoms with E-state index in [0.717, 1.165) is 0 Å². The first kappa shape index (κ1) is 61.0. The topological polar surface area (TPSA) is 248 Å². The Labute approximate surface area is 542 Å². The molecule has 12 N–H and O–H groups in total. The Morgan fingerprint density at radius 3 is 0.591 bits per heavy atom. The number of benzene rings is 12. The first-order valence-electron chi connectivity index (χ1n) is 29.3. The minimum absolute atomic E-state index is 0.244. The van der Waals surface area contributed by atoms with Gasteiger partial charge in [-0.05, 0) is 144 Å². The first-order chi connectivity index (χ1) is 45.3. The molecule has 16 nitrogen and oxygen atoms in total. The predicted octanol–water partition coefficient (Wildman–Crippen LogP) is 18.8. The average Bonchev–Trinajstić information content (AvgIpc) is 0.738. The van der Waals surface area contributed by atoms with Crippen molar-refractivity contribution in [3.05, 3.63) is 243 Å². The highest BCUT2D eigenvalue weighted by atomic mass is 32.2. The number of methoxy groups -OCH3 is 4. The van der Waals surface area contributed by atoms with Gasteiger partial charge in [0.05, 0.1) is 28.4 Å². The molecule has 0 saturated carbocycles. The van der Waals surface area contributed by atoms with Crippen molar-refractivity contribution in [1.29, 1.82) is 0 Å². The van der Waals surface area contributed by atoms with E-state index in [4.69, 9.17) is 81.8 Å². The standard InChI is InChI=1S/C76H64N6O10S/c1-83-69-65(45-23-31-55(32-24-45)87-59-17-5-11-49(77)39-59)75(66(70(84-2)73(69)91-63-21-9-15-53(81)43-63)46-25-33-56(34-26-46)88-60-18-6-12-50(78)40-60)93-76-67(47-27-35-57(36-28-47)89-61-19-7-13-51(79)41-61)71(85-3)74(92-64-22-10-16-54(82)44-64)72(86-4)68(76)48-29-37-58(38-30-48)90-62-20-8-14-52(80)42-62/h5-44H,77-82H2,1-4H3. The predicted molar refractivity (Wildman–Crippen MR) is 371 cm³/mol. The minimum atomic E-state index is 0.244. The molecular formula is C76H64N6O10S. The van der Waals surface area contributed by atoms with Gasteiger partial charge in [-0.15, -0.1) is 0 Å². The highest BCUT2D eigenvalue weighted by Crippen LogP contribution is 2.64. The maximum absolute atomic E-state index is 7.01. The molecular weight excluding hydrogens is 1190 g/mol. The lowest BCUT2D eigenvalue weighted by atomic mass is 9.95. The Kier molecular flexibility index (Phi) is 17.9. The van der Waals surface area contributed by atoms with Crippen LogP contribution in [-0.4, -0.2) is 28.4 Å². The zero-order valence-electron chi connectivity index (χ0n) is 51.0. The van der Waals surface area contributed by atoms with Crippen molar-refractivity contribution in [2.24, 2.45) is 0 Å². The largest absolute Gasteiger partial charge is 0.492 e. The van der Waals surface area contributed by atoms with Crippen LogP contribution in [0.3, 0.4) is 0 Å². The molecule has 0 aliphatic carbocycles. The van der Waals surface area contributed by atoms with Crippen molar-refractivity contribution in [1.82, 2.24) is 0 Å². The lowest BCUT2D eigenvalue weighted by Crippen LogP contribution is -2.04. The molecule has 12 rings (SSSR count). The number of rotatable bonds is 22. The third-order valence-electron chi connectivity index (χ3n) is 14.8. The fraction of sp³-hybridized carbons (Fsp3) is 0.0526. The van der Waals surface area contributed by atoms with Crippen LogP contribution in [-0.2, 0) is 0 Å². The second-order valence-corrected chi connectivity index (χ2v) is 22.2. The molecule has 0 atom stereocenters. The molecule has 0 aliphatic heterocycles. The third kappa shape index (κ3) is 13.7. The van der Waals surface area contributed by atoms with Gasteiger partial charge in [-0.1, -0.05) is 96.7 Å². The molecule has 0 radical (unpaired) electrons. The van der Waals surface area contributed by atoms with E-state index in [2.05, 4.69) is 0 Å². The van der Waals surface area contributed by atoms with Crippen LogP contribution in [0.2, 0.25) is 0 Å². The second kappa shape index (κ2) is 27.3. The Hall–Kier alpha value is -12.2. The Balaban J connectivity index is 1.18. The van der Waals surface area contributed by atoms with Gasteiger partial charge in [0.1, 0.15) is 57.5 Å². The maximum atomic E-state index is 7.01. The quantitative estimate of drug-likeness (QED) is 0.0345. The van der Waals surface area contributed by atoms with Crippen molar-refractivity contribution >= 4 is 45.9 Å². The van der Waals surface area contributed by atoms with Gasteiger partial charge < -0.3 is 81.8 Å². The SMILES string of the molecule is COc1c(Oc2cccc(N)c2)c(OC)c(-c2ccc(Oc3cccc(N)c3)cc2)c(Sc2c(-c3ccc(Oc4cccc(N)c4)cc3)c(OC)c(Oc3cccc(N)c3)c(OC)c2-c2ccc(Oc3cccc(N)c3)cc2)c1-c1ccc(Oc2cccc(N)c2)cc1. The maximum Gasteiger partial charge on any atom is 0.212 e. The van der Waals surface area contributed by atoms with Crippen LogP contribution in [0.25, 0.3) is 44.5 Å². The first-order valence-corrected chi connectivity index (χ1v) is 30.1. The highest BCUT2D eigenvalue weighted by molar-refractivity contribution is 8.00. The van der Waals surface area contributed by atoms with E-state index in [1.165, 1.54) is 11.8 Å². The summed E-state index contributed by atoms with van der Waals surface area (Å²) in [7, 11) is 6.35. The second-order valence-electron chi connectivity index (χ2n) is 21.2. The summed E-state index contributed by atoms with van der Waals surface area (Å²) in [5.41, 5.74) is 46.0. The number of hydrogen-bond donors (Lipinski definition) is 6. The molecule has 0 aliphatic rings. The van der Waals surface area contributed by atoms with E-state index in [-0.39, 0.29) is 11.5 Å². The molecule has 93 heavy (non-hydrogen) atoms. The summed E-state index contributed by atoms with van der Waals surface area (Å²) in [6.07, 6.45) is 0. The highest BCUT2D eigenvalue weighted by Gasteiger charge is 2.35. The van der Waals surface area contributed by atoms with Crippen LogP contribution >= 0.6 is 11.8 Å². The fourth-order valence-corrected chi connectivity index (χ4v) is 12.1. The molecule has 0 bridgehead atoms. The summed E-state index contributed by atoms with van der Waals surface area (Å²) < 4.78 is 66.4. The lowest BCUT2D eigenvalue weighted by Gasteiger charge is -2.28. The van der Waals surface area contributed by atoms with Gasteiger partial charge in [0.2, 0.25) is 11.5 Å².